The van der Waals surface area contributed by atoms with E-state index in [0.29, 0.717) is 6.04 Å². The van der Waals surface area contributed by atoms with Crippen molar-refractivity contribution in [3.8, 4) is 5.75 Å². The van der Waals surface area contributed by atoms with E-state index < -0.39 is 18.4 Å². The van der Waals surface area contributed by atoms with Gasteiger partial charge in [0.05, 0.1) is 5.69 Å². The summed E-state index contributed by atoms with van der Waals surface area (Å²) in [6.07, 6.45) is 5.38. The second-order valence-electron chi connectivity index (χ2n) is 7.20. The number of ketones is 1. The zero-order valence-electron chi connectivity index (χ0n) is 16.7. The van der Waals surface area contributed by atoms with E-state index in [0.717, 1.165) is 17.0 Å². The number of nitrogens with zero attached hydrogens (tertiary/aromatic N) is 1. The zero-order chi connectivity index (χ0) is 21.1. The van der Waals surface area contributed by atoms with Crippen LogP contribution in [0.2, 0.25) is 0 Å². The number of phenols is 1. The predicted molar refractivity (Wildman–Crippen MR) is 109 cm³/mol. The number of carbonyl (C=O) groups is 3. The van der Waals surface area contributed by atoms with Crippen molar-refractivity contribution in [3.63, 3.8) is 0 Å². The van der Waals surface area contributed by atoms with Crippen molar-refractivity contribution < 1.29 is 24.2 Å². The van der Waals surface area contributed by atoms with Crippen LogP contribution < -0.4 is 5.32 Å². The summed E-state index contributed by atoms with van der Waals surface area (Å²) in [6.45, 7) is 4.93. The molecule has 7 heteroatoms. The third-order valence-corrected chi connectivity index (χ3v) is 4.81. The first-order valence-electron chi connectivity index (χ1n) is 9.43. The van der Waals surface area contributed by atoms with E-state index in [4.69, 9.17) is 4.74 Å². The fourth-order valence-corrected chi connectivity index (χ4v) is 3.29. The van der Waals surface area contributed by atoms with Crippen LogP contribution in [0.5, 0.6) is 5.75 Å². The van der Waals surface area contributed by atoms with Crippen molar-refractivity contribution in [1.29, 1.82) is 0 Å². The third kappa shape index (κ3) is 4.93. The molecule has 0 unspecified atom stereocenters. The minimum atomic E-state index is -0.615. The lowest BCUT2D eigenvalue weighted by atomic mass is 10.1. The molecule has 0 saturated heterocycles. The van der Waals surface area contributed by atoms with Gasteiger partial charge in [-0.15, -0.1) is 0 Å². The van der Waals surface area contributed by atoms with Gasteiger partial charge in [-0.1, -0.05) is 0 Å². The van der Waals surface area contributed by atoms with E-state index >= 15 is 0 Å². The average Bonchev–Trinajstić information content (AvgIpc) is 3.45. The number of esters is 1. The first kappa shape index (κ1) is 20.4. The summed E-state index contributed by atoms with van der Waals surface area (Å²) in [7, 11) is 0. The molecule has 1 fully saturated rings. The second kappa shape index (κ2) is 8.34. The number of ether oxygens (including phenoxy) is 1. The normalized spacial score (nSPS) is 13.5. The lowest BCUT2D eigenvalue weighted by Crippen LogP contribution is -2.13. The molecule has 1 aliphatic rings. The monoisotopic (exact) mass is 396 g/mol. The molecular weight excluding hydrogens is 372 g/mol. The number of aryl methyl sites for hydroxylation is 1. The van der Waals surface area contributed by atoms with Crippen LogP contribution in [0.1, 0.15) is 53.1 Å². The highest BCUT2D eigenvalue weighted by atomic mass is 16.5. The Morgan fingerprint density at radius 3 is 2.62 bits per heavy atom. The van der Waals surface area contributed by atoms with Crippen molar-refractivity contribution in [2.75, 3.05) is 11.9 Å². The molecule has 1 saturated carbocycles. The molecule has 1 aliphatic carbocycles. The lowest BCUT2D eigenvalue weighted by Gasteiger charge is -2.08. The van der Waals surface area contributed by atoms with Gasteiger partial charge in [-0.2, -0.15) is 0 Å². The number of phenolic OH excluding ortho intramolecular Hbond substituents is 1. The molecule has 3 rings (SSSR count). The number of aromatic hydroxyl groups is 1. The van der Waals surface area contributed by atoms with Gasteiger partial charge in [-0.05, 0) is 62.6 Å². The molecule has 1 amide bonds. The Bertz CT molecular complexity index is 999. The Balaban J connectivity index is 1.59. The summed E-state index contributed by atoms with van der Waals surface area (Å²) >= 11 is 0. The number of amides is 1. The van der Waals surface area contributed by atoms with Gasteiger partial charge in [0, 0.05) is 36.0 Å². The number of Topliss-reactive ketones (excluding diaryl/α,β-unsaturated/α-hetero) is 1. The van der Waals surface area contributed by atoms with Crippen molar-refractivity contribution in [1.82, 2.24) is 4.57 Å². The van der Waals surface area contributed by atoms with Crippen molar-refractivity contribution >= 4 is 29.4 Å². The smallest absolute Gasteiger partial charge is 0.331 e. The quantitative estimate of drug-likeness (QED) is 0.323. The Morgan fingerprint density at radius 1 is 1.24 bits per heavy atom. The number of nitrogens with one attached hydrogen (secondary N) is 1. The number of aromatic nitrogens is 1. The fraction of sp³-hybridized carbons (Fsp3) is 0.318. The number of carbonyl (C=O) groups excluding carboxylic acids is 3. The van der Waals surface area contributed by atoms with Gasteiger partial charge in [0.2, 0.25) is 5.91 Å². The molecule has 0 radical (unpaired) electrons. The standard InChI is InChI=1S/C22H24N2O5/c1-13-10-16(14(2)24(13)18-6-7-18)5-9-22(28)29-12-21(27)17-4-8-20(26)19(11-17)23-15(3)25/h4-5,8-11,18,26H,6-7,12H2,1-3H3,(H,23,25)/b9-5+. The van der Waals surface area contributed by atoms with Crippen molar-refractivity contribution in [3.05, 3.63) is 52.9 Å². The SMILES string of the molecule is CC(=O)Nc1cc(C(=O)COC(=O)/C=C/c2cc(C)n(C3CC3)c2C)ccc1O. The maximum Gasteiger partial charge on any atom is 0.331 e. The number of hydrogen-bond acceptors (Lipinski definition) is 5. The summed E-state index contributed by atoms with van der Waals surface area (Å²) in [5.41, 5.74) is 3.57. The predicted octanol–water partition coefficient (Wildman–Crippen LogP) is 3.54. The maximum absolute atomic E-state index is 12.3. The molecule has 0 aliphatic heterocycles. The molecule has 1 aromatic heterocycles. The fourth-order valence-electron chi connectivity index (χ4n) is 3.29. The van der Waals surface area contributed by atoms with Gasteiger partial charge in [0.1, 0.15) is 5.75 Å². The van der Waals surface area contributed by atoms with Gasteiger partial charge in [0.25, 0.3) is 0 Å². The van der Waals surface area contributed by atoms with E-state index in [1.54, 1.807) is 6.08 Å². The topological polar surface area (TPSA) is 97.6 Å². The molecule has 29 heavy (non-hydrogen) atoms. The number of rotatable bonds is 7. The van der Waals surface area contributed by atoms with Crippen molar-refractivity contribution in [2.24, 2.45) is 0 Å². The largest absolute Gasteiger partial charge is 0.506 e. The molecule has 2 N–H and O–H groups in total. The zero-order valence-corrected chi connectivity index (χ0v) is 16.7. The molecule has 0 spiro atoms. The Labute approximate surface area is 169 Å². The molecule has 152 valence electrons. The minimum absolute atomic E-state index is 0.126. The summed E-state index contributed by atoms with van der Waals surface area (Å²) in [5, 5.41) is 12.2. The molecule has 0 bridgehead atoms. The highest BCUT2D eigenvalue weighted by Crippen LogP contribution is 2.38. The van der Waals surface area contributed by atoms with Crippen LogP contribution in [0.4, 0.5) is 5.69 Å². The van der Waals surface area contributed by atoms with Crippen LogP contribution in [0.15, 0.2) is 30.3 Å². The summed E-state index contributed by atoms with van der Waals surface area (Å²) in [5.74, 6) is -1.58. The molecule has 2 aromatic rings. The molecular formula is C22H24N2O5. The van der Waals surface area contributed by atoms with E-state index in [9.17, 15) is 19.5 Å². The van der Waals surface area contributed by atoms with E-state index in [2.05, 4.69) is 9.88 Å². The van der Waals surface area contributed by atoms with Gasteiger partial charge in [-0.25, -0.2) is 4.79 Å². The first-order valence-corrected chi connectivity index (χ1v) is 9.43. The Morgan fingerprint density at radius 2 is 1.97 bits per heavy atom. The van der Waals surface area contributed by atoms with Crippen molar-refractivity contribution in [2.45, 2.75) is 39.7 Å². The first-order chi connectivity index (χ1) is 13.8. The Kier molecular flexibility index (Phi) is 5.87. The van der Waals surface area contributed by atoms with Crippen LogP contribution in [0.25, 0.3) is 6.08 Å². The van der Waals surface area contributed by atoms with Crippen LogP contribution in [0.3, 0.4) is 0 Å². The average molecular weight is 396 g/mol. The van der Waals surface area contributed by atoms with Gasteiger partial charge >= 0.3 is 5.97 Å². The number of hydrogen-bond donors (Lipinski definition) is 2. The lowest BCUT2D eigenvalue weighted by molar-refractivity contribution is -0.136. The van der Waals surface area contributed by atoms with Crippen LogP contribution in [0, 0.1) is 13.8 Å². The highest BCUT2D eigenvalue weighted by molar-refractivity contribution is 6.01. The summed E-state index contributed by atoms with van der Waals surface area (Å²) in [6, 6.07) is 6.64. The molecule has 1 heterocycles. The maximum atomic E-state index is 12.3. The number of benzene rings is 1. The van der Waals surface area contributed by atoms with Crippen LogP contribution >= 0.6 is 0 Å². The van der Waals surface area contributed by atoms with Gasteiger partial charge in [0.15, 0.2) is 12.4 Å². The third-order valence-electron chi connectivity index (χ3n) is 4.81. The second-order valence-corrected chi connectivity index (χ2v) is 7.20. The van der Waals surface area contributed by atoms with Crippen LogP contribution in [-0.2, 0) is 14.3 Å². The highest BCUT2D eigenvalue weighted by Gasteiger charge is 2.26. The minimum Gasteiger partial charge on any atom is -0.506 e. The Hall–Kier alpha value is -3.35. The van der Waals surface area contributed by atoms with E-state index in [1.165, 1.54) is 44.0 Å². The van der Waals surface area contributed by atoms with Crippen LogP contribution in [-0.4, -0.2) is 33.9 Å². The molecule has 7 nitrogen and oxygen atoms in total. The molecule has 0 atom stereocenters. The number of anilines is 1. The van der Waals surface area contributed by atoms with E-state index in [1.807, 2.05) is 19.9 Å². The summed E-state index contributed by atoms with van der Waals surface area (Å²) in [4.78, 5) is 35.4. The van der Waals surface area contributed by atoms with Gasteiger partial charge < -0.3 is 19.7 Å². The molecule has 1 aromatic carbocycles. The van der Waals surface area contributed by atoms with Gasteiger partial charge in [-0.3, -0.25) is 9.59 Å². The van der Waals surface area contributed by atoms with E-state index in [-0.39, 0.29) is 22.9 Å². The summed E-state index contributed by atoms with van der Waals surface area (Å²) < 4.78 is 7.32.